The number of benzene rings is 1. The Morgan fingerprint density at radius 2 is 2.00 bits per heavy atom. The fraction of sp³-hybridized carbons (Fsp3) is 0.267. The van der Waals surface area contributed by atoms with E-state index in [4.69, 9.17) is 5.11 Å². The van der Waals surface area contributed by atoms with E-state index in [0.29, 0.717) is 6.42 Å². The minimum atomic E-state index is -0.878. The molecule has 2 rings (SSSR count). The van der Waals surface area contributed by atoms with Gasteiger partial charge in [0.15, 0.2) is 0 Å². The topological polar surface area (TPSA) is 84.2 Å². The largest absolute Gasteiger partial charge is 0.481 e. The van der Waals surface area contributed by atoms with Crippen molar-refractivity contribution >= 4 is 11.9 Å². The second-order valence-corrected chi connectivity index (χ2v) is 4.67. The van der Waals surface area contributed by atoms with E-state index in [1.54, 1.807) is 18.5 Å². The molecule has 0 spiro atoms. The molecule has 0 aliphatic rings. The van der Waals surface area contributed by atoms with Crippen molar-refractivity contribution in [1.82, 2.24) is 15.1 Å². The highest BCUT2D eigenvalue weighted by atomic mass is 16.4. The zero-order chi connectivity index (χ0) is 15.1. The van der Waals surface area contributed by atoms with Crippen LogP contribution in [0.2, 0.25) is 0 Å². The summed E-state index contributed by atoms with van der Waals surface area (Å²) in [7, 11) is 0. The summed E-state index contributed by atoms with van der Waals surface area (Å²) >= 11 is 0. The molecule has 2 aromatic rings. The Kier molecular flexibility index (Phi) is 5.09. The predicted octanol–water partition coefficient (Wildman–Crippen LogP) is 1.61. The maximum Gasteiger partial charge on any atom is 0.303 e. The molecule has 1 amide bonds. The van der Waals surface area contributed by atoms with Gasteiger partial charge in [0.25, 0.3) is 0 Å². The molecule has 1 aromatic carbocycles. The van der Waals surface area contributed by atoms with Crippen LogP contribution in [-0.4, -0.2) is 26.8 Å². The van der Waals surface area contributed by atoms with Crippen LogP contribution < -0.4 is 5.32 Å². The standard InChI is InChI=1S/C15H17N3O3/c19-14(11-18-10-4-9-16-18)17-13(7-8-15(20)21)12-5-2-1-3-6-12/h1-6,9-10,13H,7-8,11H2,(H,17,19)(H,20,21). The van der Waals surface area contributed by atoms with Gasteiger partial charge in [0, 0.05) is 18.8 Å². The molecule has 21 heavy (non-hydrogen) atoms. The van der Waals surface area contributed by atoms with Gasteiger partial charge in [-0.05, 0) is 18.1 Å². The Morgan fingerprint density at radius 1 is 1.24 bits per heavy atom. The average Bonchev–Trinajstić information content (AvgIpc) is 2.97. The molecule has 0 aliphatic carbocycles. The second kappa shape index (κ2) is 7.23. The van der Waals surface area contributed by atoms with Gasteiger partial charge in [0.1, 0.15) is 6.54 Å². The molecule has 1 atom stereocenters. The van der Waals surface area contributed by atoms with Crippen molar-refractivity contribution in [1.29, 1.82) is 0 Å². The van der Waals surface area contributed by atoms with Crippen molar-refractivity contribution in [2.45, 2.75) is 25.4 Å². The summed E-state index contributed by atoms with van der Waals surface area (Å²) in [6.45, 7) is 0.114. The monoisotopic (exact) mass is 287 g/mol. The number of carbonyl (C=O) groups is 2. The smallest absolute Gasteiger partial charge is 0.303 e. The minimum absolute atomic E-state index is 0.00160. The molecule has 0 radical (unpaired) electrons. The summed E-state index contributed by atoms with van der Waals surface area (Å²) in [6.07, 6.45) is 3.66. The van der Waals surface area contributed by atoms with Gasteiger partial charge in [-0.15, -0.1) is 0 Å². The third kappa shape index (κ3) is 4.76. The molecule has 0 fully saturated rings. The Labute approximate surface area is 122 Å². The number of carboxylic acids is 1. The van der Waals surface area contributed by atoms with Gasteiger partial charge in [-0.1, -0.05) is 30.3 Å². The van der Waals surface area contributed by atoms with Gasteiger partial charge >= 0.3 is 5.97 Å². The summed E-state index contributed by atoms with van der Waals surface area (Å²) in [5.74, 6) is -1.07. The van der Waals surface area contributed by atoms with Crippen LogP contribution in [0.3, 0.4) is 0 Å². The second-order valence-electron chi connectivity index (χ2n) is 4.67. The number of rotatable bonds is 7. The number of nitrogens with zero attached hydrogens (tertiary/aromatic N) is 2. The molecule has 2 N–H and O–H groups in total. The minimum Gasteiger partial charge on any atom is -0.481 e. The molecule has 1 heterocycles. The number of carbonyl (C=O) groups excluding carboxylic acids is 1. The van der Waals surface area contributed by atoms with Crippen molar-refractivity contribution in [3.8, 4) is 0 Å². The fourth-order valence-corrected chi connectivity index (χ4v) is 2.06. The van der Waals surface area contributed by atoms with Gasteiger partial charge < -0.3 is 10.4 Å². The molecule has 6 nitrogen and oxygen atoms in total. The van der Waals surface area contributed by atoms with Gasteiger partial charge in [0.05, 0.1) is 6.04 Å². The summed E-state index contributed by atoms with van der Waals surface area (Å²) < 4.78 is 1.52. The lowest BCUT2D eigenvalue weighted by atomic mass is 10.0. The first-order valence-electron chi connectivity index (χ1n) is 6.68. The Balaban J connectivity index is 2.01. The number of aromatic nitrogens is 2. The average molecular weight is 287 g/mol. The highest BCUT2D eigenvalue weighted by molar-refractivity contribution is 5.76. The Hall–Kier alpha value is -2.63. The van der Waals surface area contributed by atoms with Crippen LogP contribution in [0.25, 0.3) is 0 Å². The van der Waals surface area contributed by atoms with Crippen molar-refractivity contribution in [2.24, 2.45) is 0 Å². The quantitative estimate of drug-likeness (QED) is 0.810. The van der Waals surface area contributed by atoms with E-state index in [0.717, 1.165) is 5.56 Å². The fourth-order valence-electron chi connectivity index (χ4n) is 2.06. The number of amides is 1. The Morgan fingerprint density at radius 3 is 2.62 bits per heavy atom. The SMILES string of the molecule is O=C(O)CCC(NC(=O)Cn1cccn1)c1ccccc1. The zero-order valence-electron chi connectivity index (χ0n) is 11.5. The van der Waals surface area contributed by atoms with Crippen LogP contribution in [0.4, 0.5) is 0 Å². The van der Waals surface area contributed by atoms with Crippen LogP contribution in [-0.2, 0) is 16.1 Å². The summed E-state index contributed by atoms with van der Waals surface area (Å²) in [6, 6.07) is 10.8. The first-order valence-corrected chi connectivity index (χ1v) is 6.68. The molecule has 6 heteroatoms. The van der Waals surface area contributed by atoms with Gasteiger partial charge in [-0.2, -0.15) is 5.10 Å². The van der Waals surface area contributed by atoms with Crippen LogP contribution in [0, 0.1) is 0 Å². The summed E-state index contributed by atoms with van der Waals surface area (Å²) in [4.78, 5) is 22.8. The zero-order valence-corrected chi connectivity index (χ0v) is 11.5. The summed E-state index contributed by atoms with van der Waals surface area (Å²) in [5, 5.41) is 15.7. The van der Waals surface area contributed by atoms with Gasteiger partial charge in [-0.25, -0.2) is 0 Å². The maximum absolute atomic E-state index is 12.0. The van der Waals surface area contributed by atoms with Crippen LogP contribution >= 0.6 is 0 Å². The predicted molar refractivity (Wildman–Crippen MR) is 76.4 cm³/mol. The van der Waals surface area contributed by atoms with Gasteiger partial charge in [0.2, 0.25) is 5.91 Å². The molecule has 1 unspecified atom stereocenters. The van der Waals surface area contributed by atoms with Crippen LogP contribution in [0.5, 0.6) is 0 Å². The highest BCUT2D eigenvalue weighted by Gasteiger charge is 2.16. The molecular weight excluding hydrogens is 270 g/mol. The third-order valence-electron chi connectivity index (χ3n) is 3.05. The summed E-state index contributed by atoms with van der Waals surface area (Å²) in [5.41, 5.74) is 0.896. The van der Waals surface area contributed by atoms with Gasteiger partial charge in [-0.3, -0.25) is 14.3 Å². The van der Waals surface area contributed by atoms with E-state index >= 15 is 0 Å². The van der Waals surface area contributed by atoms with Crippen LogP contribution in [0.15, 0.2) is 48.8 Å². The Bertz CT molecular complexity index is 581. The molecule has 0 saturated carbocycles. The molecule has 0 bridgehead atoms. The van der Waals surface area contributed by atoms with Crippen molar-refractivity contribution in [2.75, 3.05) is 0 Å². The lowest BCUT2D eigenvalue weighted by molar-refractivity contribution is -0.137. The van der Waals surface area contributed by atoms with Crippen molar-refractivity contribution in [3.05, 3.63) is 54.4 Å². The van der Waals surface area contributed by atoms with Crippen LogP contribution in [0.1, 0.15) is 24.4 Å². The number of hydrogen-bond acceptors (Lipinski definition) is 3. The molecule has 0 saturated heterocycles. The molecule has 0 aliphatic heterocycles. The normalized spacial score (nSPS) is 11.8. The van der Waals surface area contributed by atoms with E-state index < -0.39 is 5.97 Å². The van der Waals surface area contributed by atoms with E-state index in [2.05, 4.69) is 10.4 Å². The molecular formula is C15H17N3O3. The lowest BCUT2D eigenvalue weighted by Crippen LogP contribution is -2.32. The number of aliphatic carboxylic acids is 1. The third-order valence-corrected chi connectivity index (χ3v) is 3.05. The van der Waals surface area contributed by atoms with E-state index in [9.17, 15) is 9.59 Å². The van der Waals surface area contributed by atoms with Crippen molar-refractivity contribution in [3.63, 3.8) is 0 Å². The van der Waals surface area contributed by atoms with E-state index in [1.165, 1.54) is 4.68 Å². The number of carboxylic acid groups (broad SMARTS) is 1. The first-order chi connectivity index (χ1) is 10.1. The maximum atomic E-state index is 12.0. The van der Waals surface area contributed by atoms with E-state index in [-0.39, 0.29) is 24.9 Å². The lowest BCUT2D eigenvalue weighted by Gasteiger charge is -2.18. The van der Waals surface area contributed by atoms with Crippen molar-refractivity contribution < 1.29 is 14.7 Å². The van der Waals surface area contributed by atoms with E-state index in [1.807, 2.05) is 30.3 Å². The molecule has 110 valence electrons. The number of nitrogens with one attached hydrogen (secondary N) is 1. The number of hydrogen-bond donors (Lipinski definition) is 2. The highest BCUT2D eigenvalue weighted by Crippen LogP contribution is 2.18. The first kappa shape index (κ1) is 14.8. The molecule has 1 aromatic heterocycles.